The molecule has 0 radical (unpaired) electrons. The molecular weight excluding hydrogens is 306 g/mol. The summed E-state index contributed by atoms with van der Waals surface area (Å²) < 4.78 is 3.32. The molecule has 0 aliphatic rings. The van der Waals surface area contributed by atoms with Gasteiger partial charge in [0.05, 0.1) is 17.3 Å². The quantitative estimate of drug-likeness (QED) is 0.424. The number of aryl methyl sites for hydroxylation is 1. The minimum atomic E-state index is 0.188. The second-order valence-electron chi connectivity index (χ2n) is 5.36. The van der Waals surface area contributed by atoms with E-state index in [2.05, 4.69) is 25.3 Å². The smallest absolute Gasteiger partial charge is 0.192 e. The number of benzene rings is 1. The summed E-state index contributed by atoms with van der Waals surface area (Å²) in [5.74, 6) is 0.540. The van der Waals surface area contributed by atoms with Crippen LogP contribution in [-0.4, -0.2) is 35.1 Å². The average molecular weight is 321 g/mol. The first kappa shape index (κ1) is 14.3. The lowest BCUT2D eigenvalue weighted by molar-refractivity contribution is 0.125. The number of fused-ring (bicyclic) bond motifs is 3. The van der Waals surface area contributed by atoms with Crippen molar-refractivity contribution >= 4 is 22.4 Å². The van der Waals surface area contributed by atoms with Gasteiger partial charge in [-0.3, -0.25) is 4.68 Å². The van der Waals surface area contributed by atoms with Gasteiger partial charge in [0.1, 0.15) is 6.33 Å². The van der Waals surface area contributed by atoms with Crippen molar-refractivity contribution in [2.24, 2.45) is 12.2 Å². The van der Waals surface area contributed by atoms with Crippen LogP contribution < -0.4 is 0 Å². The SMILES string of the molecule is C/C(=N/OCc1nc2c3cnn(C)c3ncn2n1)c1ccccc1. The molecule has 0 spiro atoms. The second-order valence-corrected chi connectivity index (χ2v) is 5.36. The zero-order valence-electron chi connectivity index (χ0n) is 13.3. The van der Waals surface area contributed by atoms with Gasteiger partial charge < -0.3 is 4.84 Å². The fourth-order valence-corrected chi connectivity index (χ4v) is 2.46. The molecule has 0 atom stereocenters. The lowest BCUT2D eigenvalue weighted by atomic mass is 10.1. The van der Waals surface area contributed by atoms with E-state index < -0.39 is 0 Å². The third kappa shape index (κ3) is 2.47. The Morgan fingerprint density at radius 1 is 1.21 bits per heavy atom. The molecule has 0 saturated heterocycles. The molecule has 8 heteroatoms. The first-order chi connectivity index (χ1) is 11.7. The maximum absolute atomic E-state index is 5.39. The highest BCUT2D eigenvalue weighted by molar-refractivity contribution is 5.98. The van der Waals surface area contributed by atoms with Crippen LogP contribution in [0.3, 0.4) is 0 Å². The number of hydrogen-bond acceptors (Lipinski definition) is 6. The Morgan fingerprint density at radius 2 is 2.04 bits per heavy atom. The summed E-state index contributed by atoms with van der Waals surface area (Å²) in [6, 6.07) is 9.85. The second kappa shape index (κ2) is 5.73. The number of rotatable bonds is 4. The minimum absolute atomic E-state index is 0.188. The number of aromatic nitrogens is 6. The summed E-state index contributed by atoms with van der Waals surface area (Å²) in [4.78, 5) is 14.2. The standard InChI is InChI=1S/C16H15N7O/c1-11(12-6-4-3-5-7-12)21-24-9-14-19-16-13-8-18-22(2)15(13)17-10-23(16)20-14/h3-8,10H,9H2,1-2H3/b21-11-. The molecule has 3 heterocycles. The molecule has 1 aromatic carbocycles. The highest BCUT2D eigenvalue weighted by Crippen LogP contribution is 2.15. The normalized spacial score (nSPS) is 12.2. The molecule has 4 rings (SSSR count). The molecule has 0 unspecified atom stereocenters. The molecule has 24 heavy (non-hydrogen) atoms. The van der Waals surface area contributed by atoms with Gasteiger partial charge in [0.25, 0.3) is 0 Å². The van der Waals surface area contributed by atoms with Crippen molar-refractivity contribution in [2.45, 2.75) is 13.5 Å². The maximum atomic E-state index is 5.39. The van der Waals surface area contributed by atoms with Crippen molar-refractivity contribution in [3.8, 4) is 0 Å². The molecule has 0 aliphatic heterocycles. The summed E-state index contributed by atoms with van der Waals surface area (Å²) in [6.45, 7) is 2.09. The highest BCUT2D eigenvalue weighted by Gasteiger charge is 2.11. The van der Waals surface area contributed by atoms with Gasteiger partial charge in [-0.2, -0.15) is 5.10 Å². The van der Waals surface area contributed by atoms with E-state index in [0.717, 1.165) is 22.3 Å². The molecule has 0 bridgehead atoms. The van der Waals surface area contributed by atoms with Crippen molar-refractivity contribution in [3.63, 3.8) is 0 Å². The van der Waals surface area contributed by atoms with Gasteiger partial charge in [-0.15, -0.1) is 5.10 Å². The van der Waals surface area contributed by atoms with Gasteiger partial charge >= 0.3 is 0 Å². The molecule has 0 saturated carbocycles. The van der Waals surface area contributed by atoms with Crippen molar-refractivity contribution in [2.75, 3.05) is 0 Å². The van der Waals surface area contributed by atoms with Crippen LogP contribution >= 0.6 is 0 Å². The van der Waals surface area contributed by atoms with E-state index in [4.69, 9.17) is 4.84 Å². The Kier molecular flexibility index (Phi) is 3.42. The molecule has 0 amide bonds. The van der Waals surface area contributed by atoms with E-state index in [1.54, 1.807) is 21.7 Å². The number of nitrogens with zero attached hydrogens (tertiary/aromatic N) is 7. The van der Waals surface area contributed by atoms with Gasteiger partial charge in [-0.25, -0.2) is 14.5 Å². The van der Waals surface area contributed by atoms with Gasteiger partial charge in [0, 0.05) is 7.05 Å². The van der Waals surface area contributed by atoms with Crippen LogP contribution in [0.2, 0.25) is 0 Å². The predicted molar refractivity (Wildman–Crippen MR) is 88.5 cm³/mol. The summed E-state index contributed by atoms with van der Waals surface area (Å²) >= 11 is 0. The molecule has 3 aromatic heterocycles. The first-order valence-electron chi connectivity index (χ1n) is 7.46. The number of hydrogen-bond donors (Lipinski definition) is 0. The number of oxime groups is 1. The van der Waals surface area contributed by atoms with E-state index >= 15 is 0 Å². The summed E-state index contributed by atoms with van der Waals surface area (Å²) in [5, 5.41) is 13.5. The summed E-state index contributed by atoms with van der Waals surface area (Å²) in [6.07, 6.45) is 3.35. The zero-order chi connectivity index (χ0) is 16.5. The van der Waals surface area contributed by atoms with E-state index in [9.17, 15) is 0 Å². The molecule has 120 valence electrons. The van der Waals surface area contributed by atoms with E-state index in [1.807, 2.05) is 44.3 Å². The Balaban J connectivity index is 1.56. The minimum Gasteiger partial charge on any atom is -0.387 e. The predicted octanol–water partition coefficient (Wildman–Crippen LogP) is 1.95. The van der Waals surface area contributed by atoms with Gasteiger partial charge in [-0.1, -0.05) is 35.5 Å². The fraction of sp³-hybridized carbons (Fsp3) is 0.188. The Bertz CT molecular complexity index is 1030. The Labute approximate surface area is 137 Å². The lowest BCUT2D eigenvalue weighted by Gasteiger charge is -2.00. The molecule has 0 N–H and O–H groups in total. The van der Waals surface area contributed by atoms with Crippen LogP contribution in [0.5, 0.6) is 0 Å². The topological polar surface area (TPSA) is 82.5 Å². The average Bonchev–Trinajstić information content (AvgIpc) is 3.19. The van der Waals surface area contributed by atoms with E-state index in [1.165, 1.54) is 0 Å². The Hall–Kier alpha value is -3.29. The van der Waals surface area contributed by atoms with E-state index in [-0.39, 0.29) is 6.61 Å². The van der Waals surface area contributed by atoms with Crippen molar-refractivity contribution in [1.29, 1.82) is 0 Å². The lowest BCUT2D eigenvalue weighted by Crippen LogP contribution is -1.97. The first-order valence-corrected chi connectivity index (χ1v) is 7.46. The monoisotopic (exact) mass is 321 g/mol. The van der Waals surface area contributed by atoms with Crippen molar-refractivity contribution in [3.05, 3.63) is 54.2 Å². The molecule has 4 aromatic rings. The van der Waals surface area contributed by atoms with Crippen LogP contribution in [0.4, 0.5) is 0 Å². The maximum Gasteiger partial charge on any atom is 0.192 e. The molecular formula is C16H15N7O. The Morgan fingerprint density at radius 3 is 2.88 bits per heavy atom. The summed E-state index contributed by atoms with van der Waals surface area (Å²) in [7, 11) is 1.84. The van der Waals surface area contributed by atoms with Gasteiger partial charge in [0.15, 0.2) is 23.7 Å². The van der Waals surface area contributed by atoms with Gasteiger partial charge in [-0.05, 0) is 12.5 Å². The van der Waals surface area contributed by atoms with E-state index in [0.29, 0.717) is 11.5 Å². The van der Waals surface area contributed by atoms with Crippen LogP contribution in [0.15, 0.2) is 48.0 Å². The third-order valence-electron chi connectivity index (χ3n) is 3.70. The largest absolute Gasteiger partial charge is 0.387 e. The molecule has 8 nitrogen and oxygen atoms in total. The molecule has 0 aliphatic carbocycles. The third-order valence-corrected chi connectivity index (χ3v) is 3.70. The highest BCUT2D eigenvalue weighted by atomic mass is 16.6. The van der Waals surface area contributed by atoms with Gasteiger partial charge in [0.2, 0.25) is 0 Å². The van der Waals surface area contributed by atoms with Crippen LogP contribution in [-0.2, 0) is 18.5 Å². The van der Waals surface area contributed by atoms with Crippen LogP contribution in [0.1, 0.15) is 18.3 Å². The van der Waals surface area contributed by atoms with Crippen molar-refractivity contribution in [1.82, 2.24) is 29.4 Å². The summed E-state index contributed by atoms with van der Waals surface area (Å²) in [5.41, 5.74) is 3.29. The fourth-order valence-electron chi connectivity index (χ4n) is 2.46. The van der Waals surface area contributed by atoms with Crippen LogP contribution in [0, 0.1) is 0 Å². The van der Waals surface area contributed by atoms with Crippen LogP contribution in [0.25, 0.3) is 16.7 Å². The van der Waals surface area contributed by atoms with Crippen molar-refractivity contribution < 1.29 is 4.84 Å². The zero-order valence-corrected chi connectivity index (χ0v) is 13.3. The molecule has 0 fully saturated rings.